The second-order valence-electron chi connectivity index (χ2n) is 5.57. The molecule has 0 heterocycles. The molecule has 7 heteroatoms. The van der Waals surface area contributed by atoms with E-state index >= 15 is 0 Å². The number of hydrogen-bond donors (Lipinski definition) is 1. The van der Waals surface area contributed by atoms with E-state index < -0.39 is 10.0 Å². The summed E-state index contributed by atoms with van der Waals surface area (Å²) in [6.45, 7) is 2.60. The van der Waals surface area contributed by atoms with Gasteiger partial charge in [-0.1, -0.05) is 86.7 Å². The van der Waals surface area contributed by atoms with Crippen LogP contribution in [0.3, 0.4) is 0 Å². The summed E-state index contributed by atoms with van der Waals surface area (Å²) in [7, 11) is -3.66. The van der Waals surface area contributed by atoms with Gasteiger partial charge in [-0.05, 0) is 18.6 Å². The molecule has 23 heavy (non-hydrogen) atoms. The first-order valence-electron chi connectivity index (χ1n) is 8.02. The molecule has 0 saturated heterocycles. The Balaban J connectivity index is 2.35. The fraction of sp³-hybridized carbons (Fsp3) is 0.625. The zero-order chi connectivity index (χ0) is 17.3. The van der Waals surface area contributed by atoms with Crippen LogP contribution in [0.2, 0.25) is 15.1 Å². The highest BCUT2D eigenvalue weighted by Gasteiger charge is 2.19. The minimum Gasteiger partial charge on any atom is -0.211 e. The van der Waals surface area contributed by atoms with E-state index in [-0.39, 0.29) is 20.0 Å². The van der Waals surface area contributed by atoms with E-state index in [1.54, 1.807) is 0 Å². The number of nitrogens with one attached hydrogen (secondary N) is 1. The Hall–Kier alpha value is -0.000000000000000111. The molecule has 1 rings (SSSR count). The van der Waals surface area contributed by atoms with Gasteiger partial charge in [-0.15, -0.1) is 0 Å². The molecule has 3 nitrogen and oxygen atoms in total. The van der Waals surface area contributed by atoms with Crippen LogP contribution in [0.15, 0.2) is 17.0 Å². The van der Waals surface area contributed by atoms with Crippen molar-refractivity contribution in [2.45, 2.75) is 63.2 Å². The molecule has 0 aliphatic rings. The fourth-order valence-electron chi connectivity index (χ4n) is 2.25. The monoisotopic (exact) mass is 399 g/mol. The lowest BCUT2D eigenvalue weighted by molar-refractivity contribution is 0.559. The van der Waals surface area contributed by atoms with Crippen LogP contribution < -0.4 is 4.72 Å². The lowest BCUT2D eigenvalue weighted by atomic mass is 10.1. The highest BCUT2D eigenvalue weighted by Crippen LogP contribution is 2.31. The van der Waals surface area contributed by atoms with Crippen LogP contribution in [0.4, 0.5) is 0 Å². The summed E-state index contributed by atoms with van der Waals surface area (Å²) in [5.41, 5.74) is 0. The molecule has 0 radical (unpaired) electrons. The average molecular weight is 401 g/mol. The van der Waals surface area contributed by atoms with Gasteiger partial charge in [-0.25, -0.2) is 13.1 Å². The van der Waals surface area contributed by atoms with Crippen LogP contribution in [-0.4, -0.2) is 15.0 Å². The van der Waals surface area contributed by atoms with Crippen molar-refractivity contribution in [3.8, 4) is 0 Å². The molecule has 0 aliphatic heterocycles. The number of rotatable bonds is 11. The molecular weight excluding hydrogens is 377 g/mol. The van der Waals surface area contributed by atoms with E-state index in [0.717, 1.165) is 19.3 Å². The summed E-state index contributed by atoms with van der Waals surface area (Å²) in [4.78, 5) is -0.0341. The molecule has 1 aromatic carbocycles. The van der Waals surface area contributed by atoms with E-state index in [0.29, 0.717) is 6.54 Å². The SMILES string of the molecule is CCCCCCCCCCNS(=O)(=O)c1cc(Cl)c(Cl)cc1Cl. The number of halogens is 3. The van der Waals surface area contributed by atoms with Gasteiger partial charge in [0.15, 0.2) is 0 Å². The zero-order valence-electron chi connectivity index (χ0n) is 13.4. The Morgan fingerprint density at radius 1 is 0.826 bits per heavy atom. The van der Waals surface area contributed by atoms with Crippen molar-refractivity contribution in [1.82, 2.24) is 4.72 Å². The summed E-state index contributed by atoms with van der Waals surface area (Å²) in [5, 5.41) is 0.477. The van der Waals surface area contributed by atoms with E-state index in [2.05, 4.69) is 11.6 Å². The first kappa shape index (κ1) is 21.0. The maximum Gasteiger partial charge on any atom is 0.242 e. The standard InChI is InChI=1S/C16H24Cl3NO2S/c1-2-3-4-5-6-7-8-9-10-20-23(21,22)16-12-14(18)13(17)11-15(16)19/h11-12,20H,2-10H2,1H3. The Morgan fingerprint density at radius 3 is 1.96 bits per heavy atom. The summed E-state index contributed by atoms with van der Waals surface area (Å²) < 4.78 is 27.0. The molecule has 1 aromatic rings. The number of hydrogen-bond acceptors (Lipinski definition) is 2. The van der Waals surface area contributed by atoms with Crippen LogP contribution >= 0.6 is 34.8 Å². The van der Waals surface area contributed by atoms with Crippen molar-refractivity contribution in [3.05, 3.63) is 27.2 Å². The molecule has 0 bridgehead atoms. The van der Waals surface area contributed by atoms with Gasteiger partial charge in [0.05, 0.1) is 15.1 Å². The molecule has 0 spiro atoms. The van der Waals surface area contributed by atoms with E-state index in [1.807, 2.05) is 0 Å². The van der Waals surface area contributed by atoms with Gasteiger partial charge < -0.3 is 0 Å². The summed E-state index contributed by atoms with van der Waals surface area (Å²) in [5.74, 6) is 0. The van der Waals surface area contributed by atoms with E-state index in [9.17, 15) is 8.42 Å². The Bertz CT molecular complexity index is 591. The van der Waals surface area contributed by atoms with Crippen molar-refractivity contribution < 1.29 is 8.42 Å². The molecule has 0 amide bonds. The number of unbranched alkanes of at least 4 members (excludes halogenated alkanes) is 7. The van der Waals surface area contributed by atoms with Crippen molar-refractivity contribution in [2.24, 2.45) is 0 Å². The maximum absolute atomic E-state index is 12.2. The molecule has 1 N–H and O–H groups in total. The van der Waals surface area contributed by atoms with E-state index in [1.165, 1.54) is 44.2 Å². The average Bonchev–Trinajstić information content (AvgIpc) is 2.49. The van der Waals surface area contributed by atoms with Gasteiger partial charge in [-0.2, -0.15) is 0 Å². The van der Waals surface area contributed by atoms with Gasteiger partial charge in [-0.3, -0.25) is 0 Å². The Kier molecular flexibility index (Phi) is 9.86. The topological polar surface area (TPSA) is 46.2 Å². The molecule has 0 aromatic heterocycles. The van der Waals surface area contributed by atoms with Gasteiger partial charge in [0.1, 0.15) is 4.90 Å². The van der Waals surface area contributed by atoms with Crippen LogP contribution in [-0.2, 0) is 10.0 Å². The molecule has 0 aliphatic carbocycles. The molecule has 132 valence electrons. The van der Waals surface area contributed by atoms with Crippen LogP contribution in [0.5, 0.6) is 0 Å². The maximum atomic E-state index is 12.2. The smallest absolute Gasteiger partial charge is 0.211 e. The summed E-state index contributed by atoms with van der Waals surface area (Å²) in [6.07, 6.45) is 9.28. The van der Waals surface area contributed by atoms with Gasteiger partial charge in [0.25, 0.3) is 0 Å². The first-order chi connectivity index (χ1) is 10.9. The summed E-state index contributed by atoms with van der Waals surface area (Å²) in [6, 6.07) is 2.62. The Labute approximate surface area is 154 Å². The zero-order valence-corrected chi connectivity index (χ0v) is 16.5. The van der Waals surface area contributed by atoms with E-state index in [4.69, 9.17) is 34.8 Å². The molecule has 0 fully saturated rings. The normalized spacial score (nSPS) is 11.8. The molecular formula is C16H24Cl3NO2S. The number of sulfonamides is 1. The predicted molar refractivity (Wildman–Crippen MR) is 99.3 cm³/mol. The van der Waals surface area contributed by atoms with Crippen molar-refractivity contribution >= 4 is 44.8 Å². The van der Waals surface area contributed by atoms with Crippen LogP contribution in [0.1, 0.15) is 58.3 Å². The molecule has 0 unspecified atom stereocenters. The third-order valence-corrected chi connectivity index (χ3v) is 6.23. The highest BCUT2D eigenvalue weighted by atomic mass is 35.5. The fourth-order valence-corrected chi connectivity index (χ4v) is 4.33. The van der Waals surface area contributed by atoms with Gasteiger partial charge >= 0.3 is 0 Å². The highest BCUT2D eigenvalue weighted by molar-refractivity contribution is 7.89. The van der Waals surface area contributed by atoms with Crippen molar-refractivity contribution in [1.29, 1.82) is 0 Å². The largest absolute Gasteiger partial charge is 0.242 e. The lowest BCUT2D eigenvalue weighted by Crippen LogP contribution is -2.25. The third kappa shape index (κ3) is 7.61. The second kappa shape index (κ2) is 10.8. The van der Waals surface area contributed by atoms with Gasteiger partial charge in [0, 0.05) is 6.54 Å². The first-order valence-corrected chi connectivity index (χ1v) is 10.6. The van der Waals surface area contributed by atoms with Crippen LogP contribution in [0, 0.1) is 0 Å². The van der Waals surface area contributed by atoms with Gasteiger partial charge in [0.2, 0.25) is 10.0 Å². The molecule has 0 saturated carbocycles. The minimum atomic E-state index is -3.66. The number of benzene rings is 1. The molecule has 0 atom stereocenters. The lowest BCUT2D eigenvalue weighted by Gasteiger charge is -2.09. The Morgan fingerprint density at radius 2 is 1.35 bits per heavy atom. The minimum absolute atomic E-state index is 0.0341. The second-order valence-corrected chi connectivity index (χ2v) is 8.53. The predicted octanol–water partition coefficient (Wildman–Crippen LogP) is 6.07. The van der Waals surface area contributed by atoms with Crippen LogP contribution in [0.25, 0.3) is 0 Å². The van der Waals surface area contributed by atoms with Crippen molar-refractivity contribution in [3.63, 3.8) is 0 Å². The summed E-state index contributed by atoms with van der Waals surface area (Å²) >= 11 is 17.6. The quantitative estimate of drug-likeness (QED) is 0.362. The third-order valence-electron chi connectivity index (χ3n) is 3.59. The van der Waals surface area contributed by atoms with Crippen molar-refractivity contribution in [2.75, 3.05) is 6.54 Å².